The monoisotopic (exact) mass is 587 g/mol. The van der Waals surface area contributed by atoms with Crippen molar-refractivity contribution in [3.63, 3.8) is 0 Å². The van der Waals surface area contributed by atoms with E-state index in [0.717, 1.165) is 45.1 Å². The second kappa shape index (κ2) is 12.6. The molecule has 7 nitrogen and oxygen atoms in total. The number of carbonyl (C=O) groups is 1. The van der Waals surface area contributed by atoms with E-state index in [0.29, 0.717) is 23.3 Å². The molecule has 216 valence electrons. The first kappa shape index (κ1) is 28.3. The van der Waals surface area contributed by atoms with Crippen LogP contribution in [0.5, 0.6) is 5.75 Å². The normalized spacial score (nSPS) is 14.2. The zero-order valence-corrected chi connectivity index (χ0v) is 25.2. The molecular weight excluding hydrogens is 554 g/mol. The molecule has 0 saturated heterocycles. The molecule has 0 bridgehead atoms. The van der Waals surface area contributed by atoms with Crippen LogP contribution in [-0.2, 0) is 17.2 Å². The van der Waals surface area contributed by atoms with Crippen LogP contribution in [0.25, 0.3) is 0 Å². The number of fused-ring (bicyclic) bond motifs is 1. The summed E-state index contributed by atoms with van der Waals surface area (Å²) in [5, 5.41) is 12.0. The van der Waals surface area contributed by atoms with Crippen LogP contribution in [0.1, 0.15) is 40.8 Å². The van der Waals surface area contributed by atoms with Crippen molar-refractivity contribution in [2.45, 2.75) is 44.3 Å². The molecule has 0 fully saturated rings. The van der Waals surface area contributed by atoms with E-state index in [9.17, 15) is 4.79 Å². The number of nitrogens with one attached hydrogen (secondary N) is 2. The summed E-state index contributed by atoms with van der Waals surface area (Å²) in [6, 6.07) is 33.6. The first-order valence-corrected chi connectivity index (χ1v) is 15.2. The summed E-state index contributed by atoms with van der Waals surface area (Å²) < 4.78 is 7.86. The molecule has 2 heterocycles. The number of allylic oxidation sites excluding steroid dienone is 1. The van der Waals surface area contributed by atoms with Gasteiger partial charge in [0.2, 0.25) is 11.1 Å². The highest BCUT2D eigenvalue weighted by Crippen LogP contribution is 2.38. The van der Waals surface area contributed by atoms with Crippen LogP contribution in [0.4, 0.5) is 11.6 Å². The lowest BCUT2D eigenvalue weighted by atomic mass is 9.94. The van der Waals surface area contributed by atoms with Gasteiger partial charge in [-0.3, -0.25) is 4.79 Å². The topological polar surface area (TPSA) is 81.1 Å². The second-order valence-corrected chi connectivity index (χ2v) is 11.5. The number of carbonyl (C=O) groups excluding carboxylic acids is 1. The minimum Gasteiger partial charge on any atom is -0.489 e. The Morgan fingerprint density at radius 3 is 2.30 bits per heavy atom. The Balaban J connectivity index is 1.31. The van der Waals surface area contributed by atoms with Crippen molar-refractivity contribution >= 4 is 29.3 Å². The molecule has 1 atom stereocenters. The molecule has 0 spiro atoms. The summed E-state index contributed by atoms with van der Waals surface area (Å²) in [6.07, 6.45) is 0. The molecule has 1 aromatic heterocycles. The molecule has 8 heteroatoms. The third-order valence-corrected chi connectivity index (χ3v) is 8.49. The molecule has 1 unspecified atom stereocenters. The number of ether oxygens (including phenoxy) is 1. The van der Waals surface area contributed by atoms with Gasteiger partial charge in [0.1, 0.15) is 18.4 Å². The number of hydrogen-bond acceptors (Lipinski definition) is 6. The highest BCUT2D eigenvalue weighted by Gasteiger charge is 2.34. The Hall–Kier alpha value is -4.82. The largest absolute Gasteiger partial charge is 0.489 e. The van der Waals surface area contributed by atoms with Gasteiger partial charge in [0.15, 0.2) is 0 Å². The third-order valence-electron chi connectivity index (χ3n) is 7.59. The van der Waals surface area contributed by atoms with Gasteiger partial charge in [0.05, 0.1) is 5.57 Å². The number of nitrogens with zero attached hydrogens (tertiary/aromatic N) is 3. The second-order valence-electron chi connectivity index (χ2n) is 10.5. The van der Waals surface area contributed by atoms with E-state index in [-0.39, 0.29) is 5.91 Å². The molecule has 0 radical (unpaired) electrons. The number of hydrogen-bond donors (Lipinski definition) is 2. The van der Waals surface area contributed by atoms with Crippen LogP contribution < -0.4 is 15.4 Å². The van der Waals surface area contributed by atoms with Crippen molar-refractivity contribution in [1.29, 1.82) is 0 Å². The van der Waals surface area contributed by atoms with Crippen LogP contribution >= 0.6 is 11.8 Å². The van der Waals surface area contributed by atoms with E-state index in [4.69, 9.17) is 14.8 Å². The molecule has 1 aliphatic heterocycles. The molecule has 43 heavy (non-hydrogen) atoms. The maximum absolute atomic E-state index is 14.0. The number of rotatable bonds is 9. The van der Waals surface area contributed by atoms with E-state index >= 15 is 0 Å². The van der Waals surface area contributed by atoms with E-state index < -0.39 is 6.04 Å². The maximum atomic E-state index is 14.0. The Morgan fingerprint density at radius 2 is 1.58 bits per heavy atom. The van der Waals surface area contributed by atoms with Crippen LogP contribution in [0, 0.1) is 13.8 Å². The Labute approximate surface area is 256 Å². The van der Waals surface area contributed by atoms with Crippen LogP contribution in [-0.4, -0.2) is 20.7 Å². The highest BCUT2D eigenvalue weighted by molar-refractivity contribution is 7.98. The van der Waals surface area contributed by atoms with Crippen molar-refractivity contribution in [2.24, 2.45) is 0 Å². The van der Waals surface area contributed by atoms with Crippen LogP contribution in [0.3, 0.4) is 0 Å². The fraction of sp³-hybridized carbons (Fsp3) is 0.171. The number of thioether (sulfide) groups is 1. The molecule has 4 aromatic carbocycles. The molecule has 0 aliphatic carbocycles. The zero-order valence-electron chi connectivity index (χ0n) is 24.4. The average molecular weight is 588 g/mol. The van der Waals surface area contributed by atoms with Gasteiger partial charge in [-0.1, -0.05) is 96.7 Å². The van der Waals surface area contributed by atoms with E-state index in [2.05, 4.69) is 22.8 Å². The lowest BCUT2D eigenvalue weighted by Gasteiger charge is -2.29. The predicted molar refractivity (Wildman–Crippen MR) is 172 cm³/mol. The number of aryl methyl sites for hydroxylation is 1. The van der Waals surface area contributed by atoms with Gasteiger partial charge < -0.3 is 15.4 Å². The number of benzene rings is 4. The van der Waals surface area contributed by atoms with Crippen molar-refractivity contribution in [2.75, 3.05) is 10.6 Å². The molecular formula is C35H33N5O2S. The Bertz CT molecular complexity index is 1770. The smallest absolute Gasteiger partial charge is 0.255 e. The third kappa shape index (κ3) is 6.34. The van der Waals surface area contributed by atoms with Gasteiger partial charge in [-0.15, -0.1) is 5.10 Å². The number of aromatic nitrogens is 3. The summed E-state index contributed by atoms with van der Waals surface area (Å²) in [6.45, 7) is 6.45. The van der Waals surface area contributed by atoms with Gasteiger partial charge in [0, 0.05) is 17.1 Å². The lowest BCUT2D eigenvalue weighted by molar-refractivity contribution is -0.113. The van der Waals surface area contributed by atoms with Gasteiger partial charge in [0.25, 0.3) is 5.91 Å². The summed E-state index contributed by atoms with van der Waals surface area (Å²) in [4.78, 5) is 18.8. The zero-order chi connectivity index (χ0) is 29.8. The summed E-state index contributed by atoms with van der Waals surface area (Å²) in [5.41, 5.74) is 7.46. The lowest BCUT2D eigenvalue weighted by Crippen LogP contribution is -2.31. The van der Waals surface area contributed by atoms with Crippen LogP contribution in [0.2, 0.25) is 0 Å². The molecule has 1 amide bonds. The molecule has 2 N–H and O–H groups in total. The predicted octanol–water partition coefficient (Wildman–Crippen LogP) is 7.69. The van der Waals surface area contributed by atoms with Crippen LogP contribution in [0.15, 0.2) is 120 Å². The fourth-order valence-corrected chi connectivity index (χ4v) is 5.87. The van der Waals surface area contributed by atoms with E-state index in [1.807, 2.05) is 116 Å². The SMILES string of the molecule is CC1=C(C(=O)Nc2cccc(C)c2C)C(c2ccc(OCc3ccccc3)cc2)n2nc(SCc3ccccc3)nc2N1. The summed E-state index contributed by atoms with van der Waals surface area (Å²) >= 11 is 1.57. The first-order chi connectivity index (χ1) is 21.0. The molecule has 1 aliphatic rings. The molecule has 0 saturated carbocycles. The Morgan fingerprint density at radius 1 is 0.884 bits per heavy atom. The fourth-order valence-electron chi connectivity index (χ4n) is 5.08. The van der Waals surface area contributed by atoms with Crippen molar-refractivity contribution in [1.82, 2.24) is 14.8 Å². The standard InChI is InChI=1S/C35H33N5O2S/c1-23-11-10-16-30(24(23)2)37-33(41)31-25(3)36-34-38-35(43-22-27-14-8-5-9-15-27)39-40(34)32(31)28-17-19-29(20-18-28)42-21-26-12-6-4-7-13-26/h4-20,32H,21-22H2,1-3H3,(H,37,41)(H,36,38,39). The van der Waals surface area contributed by atoms with Gasteiger partial charge in [-0.2, -0.15) is 4.98 Å². The van der Waals surface area contributed by atoms with E-state index in [1.54, 1.807) is 11.8 Å². The number of amides is 1. The van der Waals surface area contributed by atoms with Gasteiger partial charge >= 0.3 is 0 Å². The van der Waals surface area contributed by atoms with Crippen molar-refractivity contribution in [3.8, 4) is 5.75 Å². The molecule has 6 rings (SSSR count). The number of anilines is 2. The quantitative estimate of drug-likeness (QED) is 0.172. The Kier molecular flexibility index (Phi) is 8.29. The average Bonchev–Trinajstić information content (AvgIpc) is 3.44. The van der Waals surface area contributed by atoms with Crippen molar-refractivity contribution in [3.05, 3.63) is 142 Å². The molecule has 5 aromatic rings. The van der Waals surface area contributed by atoms with Gasteiger partial charge in [-0.05, 0) is 66.8 Å². The summed E-state index contributed by atoms with van der Waals surface area (Å²) in [5.74, 6) is 1.91. The van der Waals surface area contributed by atoms with E-state index in [1.165, 1.54) is 5.56 Å². The first-order valence-electron chi connectivity index (χ1n) is 14.2. The minimum atomic E-state index is -0.483. The maximum Gasteiger partial charge on any atom is 0.255 e. The minimum absolute atomic E-state index is 0.187. The summed E-state index contributed by atoms with van der Waals surface area (Å²) in [7, 11) is 0. The highest BCUT2D eigenvalue weighted by atomic mass is 32.2. The van der Waals surface area contributed by atoms with Crippen molar-refractivity contribution < 1.29 is 9.53 Å². The van der Waals surface area contributed by atoms with Gasteiger partial charge in [-0.25, -0.2) is 4.68 Å².